The average Bonchev–Trinajstić information content (AvgIpc) is 2.58. The Morgan fingerprint density at radius 1 is 1.17 bits per heavy atom. The van der Waals surface area contributed by atoms with Crippen LogP contribution in [0.4, 0.5) is 8.78 Å². The van der Waals surface area contributed by atoms with Crippen molar-refractivity contribution in [2.75, 3.05) is 0 Å². The highest BCUT2D eigenvalue weighted by atomic mass is 19.3. The second kappa shape index (κ2) is 6.04. The van der Waals surface area contributed by atoms with E-state index in [4.69, 9.17) is 0 Å². The van der Waals surface area contributed by atoms with Crippen LogP contribution < -0.4 is 5.56 Å². The predicted octanol–water partition coefficient (Wildman–Crippen LogP) is 2.94. The summed E-state index contributed by atoms with van der Waals surface area (Å²) in [5.74, 6) is 0. The first kappa shape index (κ1) is 15.0. The van der Waals surface area contributed by atoms with E-state index in [9.17, 15) is 13.6 Å². The van der Waals surface area contributed by atoms with Crippen LogP contribution in [0.5, 0.6) is 0 Å². The Balaban J connectivity index is 2.11. The standard InChI is InChI=1S/C16H12F2N4O/c1-10-7-14(11-4-5-13(15(17)18)20-8-11)21-22(16(10)23)12-3-2-6-19-9-12/h2-9,15H,1H3. The van der Waals surface area contributed by atoms with Crippen molar-refractivity contribution in [3.05, 3.63) is 70.5 Å². The number of aromatic nitrogens is 4. The molecule has 0 unspecified atom stereocenters. The van der Waals surface area contributed by atoms with Crippen molar-refractivity contribution in [1.29, 1.82) is 0 Å². The Morgan fingerprint density at radius 3 is 2.61 bits per heavy atom. The van der Waals surface area contributed by atoms with Crippen molar-refractivity contribution in [3.63, 3.8) is 0 Å². The van der Waals surface area contributed by atoms with Crippen LogP contribution in [0.3, 0.4) is 0 Å². The fourth-order valence-electron chi connectivity index (χ4n) is 2.10. The molecule has 23 heavy (non-hydrogen) atoms. The third kappa shape index (κ3) is 2.98. The van der Waals surface area contributed by atoms with Gasteiger partial charge in [0.2, 0.25) is 0 Å². The number of aryl methyl sites for hydroxylation is 1. The van der Waals surface area contributed by atoms with Crippen LogP contribution in [-0.4, -0.2) is 19.7 Å². The molecule has 0 aliphatic rings. The molecule has 7 heteroatoms. The van der Waals surface area contributed by atoms with E-state index in [1.165, 1.54) is 29.2 Å². The second-order valence-corrected chi connectivity index (χ2v) is 4.91. The van der Waals surface area contributed by atoms with Gasteiger partial charge in [0, 0.05) is 23.5 Å². The smallest absolute Gasteiger partial charge is 0.267 e. The summed E-state index contributed by atoms with van der Waals surface area (Å²) in [6.45, 7) is 1.67. The van der Waals surface area contributed by atoms with Crippen LogP contribution in [0.15, 0.2) is 53.7 Å². The molecule has 0 spiro atoms. The number of halogens is 2. The normalized spacial score (nSPS) is 11.0. The van der Waals surface area contributed by atoms with Gasteiger partial charge in [-0.05, 0) is 37.3 Å². The molecule has 3 rings (SSSR count). The molecule has 0 N–H and O–H groups in total. The van der Waals surface area contributed by atoms with E-state index in [0.29, 0.717) is 22.5 Å². The molecular weight excluding hydrogens is 302 g/mol. The molecule has 0 fully saturated rings. The summed E-state index contributed by atoms with van der Waals surface area (Å²) in [7, 11) is 0. The number of pyridine rings is 2. The molecule has 0 bridgehead atoms. The van der Waals surface area contributed by atoms with Gasteiger partial charge < -0.3 is 0 Å². The molecule has 0 saturated heterocycles. The minimum absolute atomic E-state index is 0.265. The van der Waals surface area contributed by atoms with E-state index in [0.717, 1.165) is 0 Å². The number of rotatable bonds is 3. The SMILES string of the molecule is Cc1cc(-c2ccc(C(F)F)nc2)nn(-c2cccnc2)c1=O. The lowest BCUT2D eigenvalue weighted by molar-refractivity contribution is 0.146. The zero-order chi connectivity index (χ0) is 16.4. The number of nitrogens with zero attached hydrogens (tertiary/aromatic N) is 4. The maximum atomic E-state index is 12.6. The van der Waals surface area contributed by atoms with Gasteiger partial charge in [-0.2, -0.15) is 9.78 Å². The van der Waals surface area contributed by atoms with Crippen molar-refractivity contribution < 1.29 is 8.78 Å². The zero-order valence-electron chi connectivity index (χ0n) is 12.1. The average molecular weight is 314 g/mol. The van der Waals surface area contributed by atoms with Crippen molar-refractivity contribution in [2.24, 2.45) is 0 Å². The molecule has 0 saturated carbocycles. The van der Waals surface area contributed by atoms with Crippen molar-refractivity contribution >= 4 is 0 Å². The van der Waals surface area contributed by atoms with E-state index < -0.39 is 6.43 Å². The lowest BCUT2D eigenvalue weighted by atomic mass is 10.1. The molecule has 0 aliphatic carbocycles. The first-order valence-corrected chi connectivity index (χ1v) is 6.82. The Kier molecular flexibility index (Phi) is 3.92. The molecule has 0 aliphatic heterocycles. The third-order valence-electron chi connectivity index (χ3n) is 3.29. The highest BCUT2D eigenvalue weighted by Gasteiger charge is 2.12. The third-order valence-corrected chi connectivity index (χ3v) is 3.29. The molecule has 3 aromatic heterocycles. The fraction of sp³-hybridized carbons (Fsp3) is 0.125. The van der Waals surface area contributed by atoms with Gasteiger partial charge >= 0.3 is 0 Å². The first-order valence-electron chi connectivity index (χ1n) is 6.82. The van der Waals surface area contributed by atoms with Gasteiger partial charge in [-0.25, -0.2) is 8.78 Å². The molecule has 0 radical (unpaired) electrons. The van der Waals surface area contributed by atoms with Crippen LogP contribution in [0.1, 0.15) is 17.7 Å². The van der Waals surface area contributed by atoms with Gasteiger partial charge in [0.25, 0.3) is 12.0 Å². The number of hydrogen-bond donors (Lipinski definition) is 0. The lowest BCUT2D eigenvalue weighted by Gasteiger charge is -2.09. The summed E-state index contributed by atoms with van der Waals surface area (Å²) in [6.07, 6.45) is 1.82. The second-order valence-electron chi connectivity index (χ2n) is 4.91. The van der Waals surface area contributed by atoms with Gasteiger partial charge in [-0.3, -0.25) is 14.8 Å². The monoisotopic (exact) mass is 314 g/mol. The van der Waals surface area contributed by atoms with Crippen LogP contribution in [0.25, 0.3) is 16.9 Å². The van der Waals surface area contributed by atoms with Gasteiger partial charge in [0.05, 0.1) is 17.6 Å². The summed E-state index contributed by atoms with van der Waals surface area (Å²) in [4.78, 5) is 19.9. The highest BCUT2D eigenvalue weighted by molar-refractivity contribution is 5.58. The Bertz CT molecular complexity index is 877. The van der Waals surface area contributed by atoms with Gasteiger partial charge in [0.1, 0.15) is 5.69 Å². The van der Waals surface area contributed by atoms with Crippen molar-refractivity contribution in [1.82, 2.24) is 19.7 Å². The van der Waals surface area contributed by atoms with E-state index in [1.807, 2.05) is 0 Å². The molecule has 5 nitrogen and oxygen atoms in total. The van der Waals surface area contributed by atoms with E-state index in [-0.39, 0.29) is 11.3 Å². The van der Waals surface area contributed by atoms with Crippen molar-refractivity contribution in [2.45, 2.75) is 13.3 Å². The van der Waals surface area contributed by atoms with E-state index in [2.05, 4.69) is 15.1 Å². The molecular formula is C16H12F2N4O. The molecule has 3 aromatic rings. The minimum atomic E-state index is -2.62. The van der Waals surface area contributed by atoms with Gasteiger partial charge in [-0.15, -0.1) is 0 Å². The quantitative estimate of drug-likeness (QED) is 0.746. The predicted molar refractivity (Wildman–Crippen MR) is 80.6 cm³/mol. The summed E-state index contributed by atoms with van der Waals surface area (Å²) < 4.78 is 26.4. The summed E-state index contributed by atoms with van der Waals surface area (Å²) >= 11 is 0. The van der Waals surface area contributed by atoms with Crippen LogP contribution >= 0.6 is 0 Å². The van der Waals surface area contributed by atoms with E-state index >= 15 is 0 Å². The van der Waals surface area contributed by atoms with Crippen LogP contribution in [0, 0.1) is 6.92 Å². The first-order chi connectivity index (χ1) is 11.1. The lowest BCUT2D eigenvalue weighted by Crippen LogP contribution is -2.23. The Morgan fingerprint density at radius 2 is 2.00 bits per heavy atom. The van der Waals surface area contributed by atoms with E-state index in [1.54, 1.807) is 31.3 Å². The number of alkyl halides is 2. The fourth-order valence-corrected chi connectivity index (χ4v) is 2.10. The Hall–Kier alpha value is -2.96. The minimum Gasteiger partial charge on any atom is -0.267 e. The largest absolute Gasteiger partial charge is 0.280 e. The molecule has 0 amide bonds. The molecule has 3 heterocycles. The topological polar surface area (TPSA) is 60.7 Å². The van der Waals surface area contributed by atoms with Crippen LogP contribution in [-0.2, 0) is 0 Å². The van der Waals surface area contributed by atoms with Gasteiger partial charge in [0.15, 0.2) is 0 Å². The maximum absolute atomic E-state index is 12.6. The zero-order valence-corrected chi connectivity index (χ0v) is 12.1. The molecule has 116 valence electrons. The highest BCUT2D eigenvalue weighted by Crippen LogP contribution is 2.21. The van der Waals surface area contributed by atoms with Crippen LogP contribution in [0.2, 0.25) is 0 Å². The Labute approximate surface area is 130 Å². The maximum Gasteiger partial charge on any atom is 0.280 e. The summed E-state index contributed by atoms with van der Waals surface area (Å²) in [6, 6.07) is 7.77. The molecule has 0 atom stereocenters. The summed E-state index contributed by atoms with van der Waals surface area (Å²) in [5, 5.41) is 4.28. The van der Waals surface area contributed by atoms with Gasteiger partial charge in [-0.1, -0.05) is 0 Å². The van der Waals surface area contributed by atoms with Crippen molar-refractivity contribution in [3.8, 4) is 16.9 Å². The summed E-state index contributed by atoms with van der Waals surface area (Å²) in [5.41, 5.74) is 1.47. The number of hydrogen-bond acceptors (Lipinski definition) is 4. The molecule has 0 aromatic carbocycles.